The Kier molecular flexibility index (Phi) is 5.94. The maximum Gasteiger partial charge on any atom is 0.243 e. The van der Waals surface area contributed by atoms with E-state index in [1.165, 1.54) is 0 Å². The number of carbonyl (C=O) groups excluding carboxylic acids is 1. The van der Waals surface area contributed by atoms with Gasteiger partial charge < -0.3 is 20.1 Å². The highest BCUT2D eigenvalue weighted by Gasteiger charge is 2.10. The van der Waals surface area contributed by atoms with Crippen molar-refractivity contribution in [2.45, 2.75) is 0 Å². The average Bonchev–Trinajstić information content (AvgIpc) is 2.73. The van der Waals surface area contributed by atoms with E-state index in [2.05, 4.69) is 10.6 Å². The van der Waals surface area contributed by atoms with Crippen molar-refractivity contribution in [3.63, 3.8) is 0 Å². The zero-order chi connectivity index (χ0) is 19.1. The molecule has 0 heterocycles. The summed E-state index contributed by atoms with van der Waals surface area (Å²) < 4.78 is 10.5. The van der Waals surface area contributed by atoms with Crippen LogP contribution in [0.1, 0.15) is 0 Å². The fourth-order valence-corrected chi connectivity index (χ4v) is 2.79. The van der Waals surface area contributed by atoms with Gasteiger partial charge in [0.05, 0.1) is 26.5 Å². The number of nitrogens with one attached hydrogen (secondary N) is 2. The van der Waals surface area contributed by atoms with Crippen LogP contribution in [0.4, 0.5) is 11.4 Å². The minimum absolute atomic E-state index is 0.129. The van der Waals surface area contributed by atoms with Gasteiger partial charge in [-0.25, -0.2) is 0 Å². The molecule has 138 valence electrons. The molecule has 5 nitrogen and oxygen atoms in total. The lowest BCUT2D eigenvalue weighted by molar-refractivity contribution is -0.114. The first-order valence-electron chi connectivity index (χ1n) is 8.61. The van der Waals surface area contributed by atoms with Gasteiger partial charge in [-0.05, 0) is 23.8 Å². The molecule has 27 heavy (non-hydrogen) atoms. The molecular formula is C22H22N2O3. The maximum atomic E-state index is 12.4. The summed E-state index contributed by atoms with van der Waals surface area (Å²) in [5.41, 5.74) is 3.61. The second-order valence-corrected chi connectivity index (χ2v) is 5.88. The predicted molar refractivity (Wildman–Crippen MR) is 109 cm³/mol. The van der Waals surface area contributed by atoms with Crippen LogP contribution in [-0.4, -0.2) is 26.7 Å². The highest BCUT2D eigenvalue weighted by molar-refractivity contribution is 5.96. The van der Waals surface area contributed by atoms with Gasteiger partial charge in [0.2, 0.25) is 5.91 Å². The van der Waals surface area contributed by atoms with Crippen LogP contribution < -0.4 is 20.1 Å². The fraction of sp³-hybridized carbons (Fsp3) is 0.136. The third-order valence-electron chi connectivity index (χ3n) is 4.13. The van der Waals surface area contributed by atoms with Crippen LogP contribution >= 0.6 is 0 Å². The summed E-state index contributed by atoms with van der Waals surface area (Å²) in [4.78, 5) is 12.4. The number of para-hydroxylation sites is 1. The van der Waals surface area contributed by atoms with Gasteiger partial charge in [0, 0.05) is 17.3 Å². The van der Waals surface area contributed by atoms with Crippen LogP contribution in [0.3, 0.4) is 0 Å². The Morgan fingerprint density at radius 1 is 0.852 bits per heavy atom. The topological polar surface area (TPSA) is 59.6 Å². The number of amides is 1. The van der Waals surface area contributed by atoms with Gasteiger partial charge in [0.1, 0.15) is 11.5 Å². The van der Waals surface area contributed by atoms with Gasteiger partial charge in [-0.2, -0.15) is 0 Å². The molecule has 0 aliphatic heterocycles. The third-order valence-corrected chi connectivity index (χ3v) is 4.13. The molecule has 5 heteroatoms. The van der Waals surface area contributed by atoms with Crippen molar-refractivity contribution in [1.29, 1.82) is 0 Å². The van der Waals surface area contributed by atoms with Gasteiger partial charge in [0.25, 0.3) is 0 Å². The highest BCUT2D eigenvalue weighted by Crippen LogP contribution is 2.29. The molecule has 0 aromatic heterocycles. The largest absolute Gasteiger partial charge is 0.497 e. The predicted octanol–water partition coefficient (Wildman–Crippen LogP) is 4.42. The van der Waals surface area contributed by atoms with E-state index in [1.807, 2.05) is 54.6 Å². The monoisotopic (exact) mass is 362 g/mol. The number of anilines is 2. The average molecular weight is 362 g/mol. The summed E-state index contributed by atoms with van der Waals surface area (Å²) in [7, 11) is 3.14. The first kappa shape index (κ1) is 18.3. The van der Waals surface area contributed by atoms with Crippen molar-refractivity contribution in [2.24, 2.45) is 0 Å². The molecule has 0 aliphatic rings. The van der Waals surface area contributed by atoms with E-state index in [0.29, 0.717) is 17.2 Å². The minimum atomic E-state index is -0.176. The Hall–Kier alpha value is -3.47. The van der Waals surface area contributed by atoms with Crippen LogP contribution in [-0.2, 0) is 4.79 Å². The van der Waals surface area contributed by atoms with Crippen molar-refractivity contribution in [3.05, 3.63) is 72.8 Å². The van der Waals surface area contributed by atoms with Crippen LogP contribution in [0.15, 0.2) is 72.8 Å². The van der Waals surface area contributed by atoms with Crippen LogP contribution in [0.25, 0.3) is 11.1 Å². The van der Waals surface area contributed by atoms with E-state index >= 15 is 0 Å². The van der Waals surface area contributed by atoms with Crippen LogP contribution in [0, 0.1) is 0 Å². The molecule has 1 amide bonds. The van der Waals surface area contributed by atoms with Gasteiger partial charge in [-0.1, -0.05) is 48.5 Å². The van der Waals surface area contributed by atoms with E-state index in [0.717, 1.165) is 16.8 Å². The molecule has 3 rings (SSSR count). The number of ether oxygens (including phenoxy) is 2. The number of benzene rings is 3. The van der Waals surface area contributed by atoms with E-state index in [1.54, 1.807) is 32.4 Å². The molecule has 0 saturated carbocycles. The Labute approximate surface area is 158 Å². The second kappa shape index (κ2) is 8.76. The summed E-state index contributed by atoms with van der Waals surface area (Å²) in [6.07, 6.45) is 0. The first-order chi connectivity index (χ1) is 13.2. The van der Waals surface area contributed by atoms with Gasteiger partial charge >= 0.3 is 0 Å². The Morgan fingerprint density at radius 3 is 2.33 bits per heavy atom. The molecule has 0 atom stereocenters. The SMILES string of the molecule is COc1ccc(OC)c(NC(=O)CNc2ccccc2-c2ccccc2)c1. The van der Waals surface area contributed by atoms with E-state index < -0.39 is 0 Å². The molecule has 0 saturated heterocycles. The molecule has 0 spiro atoms. The molecule has 0 aliphatic carbocycles. The Balaban J connectivity index is 1.71. The Bertz CT molecular complexity index is 910. The summed E-state index contributed by atoms with van der Waals surface area (Å²) in [5, 5.41) is 6.07. The standard InChI is InChI=1S/C22H22N2O3/c1-26-17-12-13-21(27-2)20(14-17)24-22(25)15-23-19-11-7-6-10-18(19)16-8-4-3-5-9-16/h3-14,23H,15H2,1-2H3,(H,24,25). The normalized spacial score (nSPS) is 10.1. The lowest BCUT2D eigenvalue weighted by atomic mass is 10.0. The van der Waals surface area contributed by atoms with Crippen molar-refractivity contribution in [1.82, 2.24) is 0 Å². The second-order valence-electron chi connectivity index (χ2n) is 5.88. The lowest BCUT2D eigenvalue weighted by Crippen LogP contribution is -2.22. The first-order valence-corrected chi connectivity index (χ1v) is 8.61. The summed E-state index contributed by atoms with van der Waals surface area (Å²) in [6, 6.07) is 23.2. The number of rotatable bonds is 7. The van der Waals surface area contributed by atoms with E-state index in [-0.39, 0.29) is 12.5 Å². The zero-order valence-electron chi connectivity index (χ0n) is 15.4. The molecule has 3 aromatic rings. The number of carbonyl (C=O) groups is 1. The lowest BCUT2D eigenvalue weighted by Gasteiger charge is -2.14. The highest BCUT2D eigenvalue weighted by atomic mass is 16.5. The number of methoxy groups -OCH3 is 2. The molecule has 0 radical (unpaired) electrons. The summed E-state index contributed by atoms with van der Waals surface area (Å²) in [5.74, 6) is 1.05. The molecular weight excluding hydrogens is 340 g/mol. The van der Waals surface area contributed by atoms with Crippen molar-refractivity contribution in [2.75, 3.05) is 31.4 Å². The maximum absolute atomic E-state index is 12.4. The van der Waals surface area contributed by atoms with Gasteiger partial charge in [0.15, 0.2) is 0 Å². The quantitative estimate of drug-likeness (QED) is 0.653. The number of hydrogen-bond acceptors (Lipinski definition) is 4. The fourth-order valence-electron chi connectivity index (χ4n) is 2.79. The van der Waals surface area contributed by atoms with Gasteiger partial charge in [-0.3, -0.25) is 4.79 Å². The molecule has 0 unspecified atom stereocenters. The number of hydrogen-bond donors (Lipinski definition) is 2. The van der Waals surface area contributed by atoms with Crippen molar-refractivity contribution >= 4 is 17.3 Å². The molecule has 2 N–H and O–H groups in total. The smallest absolute Gasteiger partial charge is 0.243 e. The summed E-state index contributed by atoms with van der Waals surface area (Å²) in [6.45, 7) is 0.129. The molecule has 3 aromatic carbocycles. The van der Waals surface area contributed by atoms with Crippen LogP contribution in [0.5, 0.6) is 11.5 Å². The molecule has 0 bridgehead atoms. The summed E-state index contributed by atoms with van der Waals surface area (Å²) >= 11 is 0. The zero-order valence-corrected chi connectivity index (χ0v) is 15.4. The molecule has 0 fully saturated rings. The Morgan fingerprint density at radius 2 is 1.59 bits per heavy atom. The third kappa shape index (κ3) is 4.58. The van der Waals surface area contributed by atoms with Crippen molar-refractivity contribution < 1.29 is 14.3 Å². The minimum Gasteiger partial charge on any atom is -0.497 e. The van der Waals surface area contributed by atoms with E-state index in [4.69, 9.17) is 9.47 Å². The van der Waals surface area contributed by atoms with E-state index in [9.17, 15) is 4.79 Å². The van der Waals surface area contributed by atoms with Crippen molar-refractivity contribution in [3.8, 4) is 22.6 Å². The van der Waals surface area contributed by atoms with Gasteiger partial charge in [-0.15, -0.1) is 0 Å². The van der Waals surface area contributed by atoms with Crippen LogP contribution in [0.2, 0.25) is 0 Å².